The summed E-state index contributed by atoms with van der Waals surface area (Å²) in [7, 11) is 0. The highest BCUT2D eigenvalue weighted by molar-refractivity contribution is 9.10. The summed E-state index contributed by atoms with van der Waals surface area (Å²) >= 11 is 6.15. The molecule has 0 aromatic heterocycles. The second kappa shape index (κ2) is 5.55. The highest BCUT2D eigenvalue weighted by Gasteiger charge is 2.12. The third-order valence-electron chi connectivity index (χ3n) is 1.61. The van der Waals surface area contributed by atoms with Crippen molar-refractivity contribution in [1.29, 1.82) is 0 Å². The van der Waals surface area contributed by atoms with Gasteiger partial charge in [-0.25, -0.2) is 0 Å². The molecule has 0 amide bonds. The predicted octanol–water partition coefficient (Wildman–Crippen LogP) is 3.69. The third kappa shape index (κ3) is 3.53. The van der Waals surface area contributed by atoms with Crippen LogP contribution in [0.1, 0.15) is 10.4 Å². The van der Waals surface area contributed by atoms with Gasteiger partial charge in [-0.05, 0) is 33.6 Å². The zero-order valence-corrected chi connectivity index (χ0v) is 10.5. The van der Waals surface area contributed by atoms with Crippen LogP contribution in [0.3, 0.4) is 0 Å². The van der Waals surface area contributed by atoms with Crippen LogP contribution in [0.4, 0.5) is 8.78 Å². The summed E-state index contributed by atoms with van der Waals surface area (Å²) in [4.78, 5) is 9.95. The lowest BCUT2D eigenvalue weighted by atomic mass is 10.1. The number of benzene rings is 1. The van der Waals surface area contributed by atoms with E-state index in [1.165, 1.54) is 6.07 Å². The van der Waals surface area contributed by atoms with Crippen LogP contribution in [-0.2, 0) is 4.79 Å². The van der Waals surface area contributed by atoms with Crippen molar-refractivity contribution in [2.45, 2.75) is 11.4 Å². The van der Waals surface area contributed by atoms with Crippen LogP contribution in [0.5, 0.6) is 5.75 Å². The Labute approximate surface area is 102 Å². The fourth-order valence-electron chi connectivity index (χ4n) is 0.956. The molecule has 1 rings (SSSR count). The van der Waals surface area contributed by atoms with Crippen LogP contribution in [0, 0.1) is 0 Å². The van der Waals surface area contributed by atoms with Crippen LogP contribution in [0.25, 0.3) is 0 Å². The smallest absolute Gasteiger partial charge is 0.387 e. The summed E-state index contributed by atoms with van der Waals surface area (Å²) in [6.45, 7) is -2.89. The molecule has 0 aliphatic heterocycles. The average Bonchev–Trinajstić information content (AvgIpc) is 2.19. The lowest BCUT2D eigenvalue weighted by Crippen LogP contribution is -2.03. The molecular weight excluding hydrogens is 338 g/mol. The first-order valence-corrected chi connectivity index (χ1v) is 5.59. The highest BCUT2D eigenvalue weighted by Crippen LogP contribution is 2.31. The first-order chi connectivity index (χ1) is 7.04. The van der Waals surface area contributed by atoms with E-state index in [9.17, 15) is 13.6 Å². The van der Waals surface area contributed by atoms with E-state index in [1.807, 2.05) is 0 Å². The molecule has 0 bridgehead atoms. The number of alkyl halides is 3. The number of carbonyl (C=O) groups is 1. The van der Waals surface area contributed by atoms with Crippen LogP contribution < -0.4 is 4.74 Å². The molecule has 1 aromatic carbocycles. The lowest BCUT2D eigenvalue weighted by Gasteiger charge is -2.09. The normalized spacial score (nSPS) is 12.6. The Morgan fingerprint density at radius 3 is 2.60 bits per heavy atom. The molecule has 15 heavy (non-hydrogen) atoms. The van der Waals surface area contributed by atoms with E-state index in [-0.39, 0.29) is 5.75 Å². The maximum Gasteiger partial charge on any atom is 0.387 e. The zero-order valence-electron chi connectivity index (χ0n) is 7.29. The van der Waals surface area contributed by atoms with Gasteiger partial charge in [-0.2, -0.15) is 8.78 Å². The van der Waals surface area contributed by atoms with Crippen LogP contribution in [0.15, 0.2) is 22.7 Å². The highest BCUT2D eigenvalue weighted by atomic mass is 79.9. The molecule has 0 saturated carbocycles. The maximum absolute atomic E-state index is 12.0. The van der Waals surface area contributed by atoms with Gasteiger partial charge in [0.25, 0.3) is 0 Å². The molecule has 82 valence electrons. The Morgan fingerprint density at radius 2 is 2.07 bits per heavy atom. The number of carbonyl (C=O) groups excluding carboxylic acids is 1. The third-order valence-corrected chi connectivity index (χ3v) is 3.01. The standard InChI is InChI=1S/C9H6Br2F2O2/c10-6-2-1-5(7(11)4-14)3-8(6)15-9(12)13/h1-4,7,9H. The molecule has 6 heteroatoms. The summed E-state index contributed by atoms with van der Waals surface area (Å²) in [5, 5.41) is 0. The van der Waals surface area contributed by atoms with Crippen LogP contribution in [0.2, 0.25) is 0 Å². The van der Waals surface area contributed by atoms with Crippen molar-refractivity contribution < 1.29 is 18.3 Å². The second-order valence-corrected chi connectivity index (χ2v) is 4.45. The van der Waals surface area contributed by atoms with Crippen molar-refractivity contribution in [3.05, 3.63) is 28.2 Å². The minimum atomic E-state index is -2.89. The van der Waals surface area contributed by atoms with Gasteiger partial charge in [0.2, 0.25) is 0 Å². The molecular formula is C9H6Br2F2O2. The first-order valence-electron chi connectivity index (χ1n) is 3.88. The fourth-order valence-corrected chi connectivity index (χ4v) is 1.58. The van der Waals surface area contributed by atoms with Gasteiger partial charge in [0.05, 0.1) is 9.30 Å². The minimum absolute atomic E-state index is 0.00815. The molecule has 2 nitrogen and oxygen atoms in total. The minimum Gasteiger partial charge on any atom is -0.434 e. The molecule has 0 N–H and O–H groups in total. The van der Waals surface area contributed by atoms with E-state index >= 15 is 0 Å². The van der Waals surface area contributed by atoms with Gasteiger partial charge in [-0.15, -0.1) is 0 Å². The Morgan fingerprint density at radius 1 is 1.40 bits per heavy atom. The molecule has 0 spiro atoms. The fraction of sp³-hybridized carbons (Fsp3) is 0.222. The second-order valence-electron chi connectivity index (χ2n) is 2.61. The maximum atomic E-state index is 12.0. The largest absolute Gasteiger partial charge is 0.434 e. The summed E-state index contributed by atoms with van der Waals surface area (Å²) in [6.07, 6.45) is 0.662. The van der Waals surface area contributed by atoms with Crippen molar-refractivity contribution >= 4 is 38.1 Å². The summed E-state index contributed by atoms with van der Waals surface area (Å²) < 4.78 is 28.7. The van der Waals surface area contributed by atoms with Gasteiger partial charge >= 0.3 is 6.61 Å². The quantitative estimate of drug-likeness (QED) is 0.615. The predicted molar refractivity (Wildman–Crippen MR) is 58.5 cm³/mol. The van der Waals surface area contributed by atoms with E-state index in [0.717, 1.165) is 0 Å². The van der Waals surface area contributed by atoms with Gasteiger partial charge < -0.3 is 9.53 Å². The van der Waals surface area contributed by atoms with Crippen LogP contribution in [-0.4, -0.2) is 12.9 Å². The summed E-state index contributed by atoms with van der Waals surface area (Å²) in [5.74, 6) is 0.00815. The zero-order chi connectivity index (χ0) is 11.4. The molecule has 1 aromatic rings. The summed E-state index contributed by atoms with van der Waals surface area (Å²) in [6, 6.07) is 4.56. The van der Waals surface area contributed by atoms with E-state index < -0.39 is 11.4 Å². The average molecular weight is 344 g/mol. The Bertz CT molecular complexity index is 358. The van der Waals surface area contributed by atoms with Gasteiger partial charge in [-0.1, -0.05) is 22.0 Å². The molecule has 0 radical (unpaired) electrons. The van der Waals surface area contributed by atoms with Crippen molar-refractivity contribution in [2.24, 2.45) is 0 Å². The topological polar surface area (TPSA) is 26.3 Å². The number of ether oxygens (including phenoxy) is 1. The molecule has 0 saturated heterocycles. The molecule has 1 atom stereocenters. The van der Waals surface area contributed by atoms with Gasteiger partial charge in [0.1, 0.15) is 12.0 Å². The number of halogens is 4. The molecule has 1 unspecified atom stereocenters. The van der Waals surface area contributed by atoms with Gasteiger partial charge in [-0.3, -0.25) is 0 Å². The van der Waals surface area contributed by atoms with Crippen molar-refractivity contribution in [1.82, 2.24) is 0 Å². The van der Waals surface area contributed by atoms with E-state index in [2.05, 4.69) is 36.6 Å². The molecule has 0 fully saturated rings. The number of hydrogen-bond donors (Lipinski definition) is 0. The Hall–Kier alpha value is -0.490. The van der Waals surface area contributed by atoms with Crippen molar-refractivity contribution in [2.75, 3.05) is 0 Å². The molecule has 0 aliphatic carbocycles. The van der Waals surface area contributed by atoms with Crippen molar-refractivity contribution in [3.8, 4) is 5.75 Å². The number of rotatable bonds is 4. The monoisotopic (exact) mass is 342 g/mol. The summed E-state index contributed by atoms with van der Waals surface area (Å²) in [5.41, 5.74) is 0.559. The first kappa shape index (κ1) is 12.6. The van der Waals surface area contributed by atoms with E-state index in [0.29, 0.717) is 16.3 Å². The number of aldehydes is 1. The van der Waals surface area contributed by atoms with Crippen LogP contribution >= 0.6 is 31.9 Å². The molecule has 0 heterocycles. The van der Waals surface area contributed by atoms with E-state index in [1.54, 1.807) is 12.1 Å². The van der Waals surface area contributed by atoms with Gasteiger partial charge in [0.15, 0.2) is 0 Å². The Kier molecular flexibility index (Phi) is 4.66. The van der Waals surface area contributed by atoms with E-state index in [4.69, 9.17) is 0 Å². The van der Waals surface area contributed by atoms with Gasteiger partial charge in [0, 0.05) is 0 Å². The SMILES string of the molecule is O=CC(Br)c1ccc(Br)c(OC(F)F)c1. The Balaban J connectivity index is 2.99. The lowest BCUT2D eigenvalue weighted by molar-refractivity contribution is -0.107. The number of hydrogen-bond acceptors (Lipinski definition) is 2. The molecule has 0 aliphatic rings. The van der Waals surface area contributed by atoms with Crippen molar-refractivity contribution in [3.63, 3.8) is 0 Å².